The van der Waals surface area contributed by atoms with Crippen molar-refractivity contribution < 1.29 is 19.0 Å². The third kappa shape index (κ3) is 5.03. The highest BCUT2D eigenvalue weighted by molar-refractivity contribution is 7.19. The van der Waals surface area contributed by atoms with Gasteiger partial charge in [-0.25, -0.2) is 9.97 Å². The molecule has 0 atom stereocenters. The van der Waals surface area contributed by atoms with Gasteiger partial charge in [-0.05, 0) is 49.4 Å². The van der Waals surface area contributed by atoms with Crippen LogP contribution in [0.25, 0.3) is 26.8 Å². The lowest BCUT2D eigenvalue weighted by atomic mass is 10.2. The first-order valence-corrected chi connectivity index (χ1v) is 13.3. The Hall–Kier alpha value is -3.89. The Kier molecular flexibility index (Phi) is 7.11. The van der Waals surface area contributed by atoms with Crippen LogP contribution in [0.2, 0.25) is 0 Å². The zero-order chi connectivity index (χ0) is 25.9. The summed E-state index contributed by atoms with van der Waals surface area (Å²) in [7, 11) is 4.87. The molecule has 190 valence electrons. The minimum absolute atomic E-state index is 0.102. The van der Waals surface area contributed by atoms with Crippen LogP contribution in [0.4, 0.5) is 0 Å². The van der Waals surface area contributed by atoms with E-state index in [1.165, 1.54) is 11.3 Å². The molecule has 5 rings (SSSR count). The fraction of sp³-hybridized carbons (Fsp3) is 0.222. The van der Waals surface area contributed by atoms with Gasteiger partial charge in [-0.1, -0.05) is 11.3 Å². The van der Waals surface area contributed by atoms with Crippen molar-refractivity contribution in [2.45, 2.75) is 13.3 Å². The van der Waals surface area contributed by atoms with E-state index in [-0.39, 0.29) is 5.91 Å². The van der Waals surface area contributed by atoms with Crippen molar-refractivity contribution in [3.8, 4) is 39.1 Å². The molecule has 0 saturated carbocycles. The van der Waals surface area contributed by atoms with Gasteiger partial charge in [-0.15, -0.1) is 11.3 Å². The zero-order valence-electron chi connectivity index (χ0n) is 20.9. The number of rotatable bonds is 9. The van der Waals surface area contributed by atoms with Crippen molar-refractivity contribution in [1.29, 1.82) is 0 Å². The maximum absolute atomic E-state index is 12.9. The summed E-state index contributed by atoms with van der Waals surface area (Å²) in [5, 5.41) is 5.94. The SMILES string of the molecule is COc1ccc(-c2cn3c(C)c(C(=O)NCCc4csc(-c5ccc(OC)c(OC)c5)n4)sc3n2)cc1. The maximum Gasteiger partial charge on any atom is 0.263 e. The molecule has 0 aliphatic carbocycles. The van der Waals surface area contributed by atoms with Crippen LogP contribution in [0.1, 0.15) is 21.1 Å². The molecular formula is C27H26N4O4S2. The predicted octanol–water partition coefficient (Wildman–Crippen LogP) is 5.49. The molecular weight excluding hydrogens is 508 g/mol. The summed E-state index contributed by atoms with van der Waals surface area (Å²) < 4.78 is 17.9. The fourth-order valence-electron chi connectivity index (χ4n) is 3.97. The van der Waals surface area contributed by atoms with Crippen LogP contribution in [0.15, 0.2) is 54.0 Å². The molecule has 0 saturated heterocycles. The van der Waals surface area contributed by atoms with Gasteiger partial charge >= 0.3 is 0 Å². The number of aromatic nitrogens is 3. The molecule has 10 heteroatoms. The maximum atomic E-state index is 12.9. The molecule has 0 aliphatic rings. The molecule has 37 heavy (non-hydrogen) atoms. The van der Waals surface area contributed by atoms with Crippen molar-refractivity contribution in [2.24, 2.45) is 0 Å². The van der Waals surface area contributed by atoms with Crippen LogP contribution in [-0.4, -0.2) is 48.1 Å². The van der Waals surface area contributed by atoms with E-state index in [4.69, 9.17) is 24.2 Å². The summed E-state index contributed by atoms with van der Waals surface area (Å²) in [5.74, 6) is 2.04. The summed E-state index contributed by atoms with van der Waals surface area (Å²) in [6, 6.07) is 13.5. The van der Waals surface area contributed by atoms with Crippen LogP contribution >= 0.6 is 22.7 Å². The Morgan fingerprint density at radius 2 is 1.73 bits per heavy atom. The summed E-state index contributed by atoms with van der Waals surface area (Å²) in [6.07, 6.45) is 2.60. The summed E-state index contributed by atoms with van der Waals surface area (Å²) in [4.78, 5) is 23.8. The van der Waals surface area contributed by atoms with Gasteiger partial charge in [0.25, 0.3) is 5.91 Å². The first-order chi connectivity index (χ1) is 18.0. The molecule has 3 aromatic heterocycles. The summed E-state index contributed by atoms with van der Waals surface area (Å²) in [5.41, 5.74) is 4.62. The molecule has 0 unspecified atom stereocenters. The van der Waals surface area contributed by atoms with Gasteiger partial charge in [0.05, 0.1) is 32.7 Å². The largest absolute Gasteiger partial charge is 0.497 e. The predicted molar refractivity (Wildman–Crippen MR) is 146 cm³/mol. The number of carbonyl (C=O) groups excluding carboxylic acids is 1. The van der Waals surface area contributed by atoms with Gasteiger partial charge in [0.1, 0.15) is 15.6 Å². The van der Waals surface area contributed by atoms with Gasteiger partial charge in [0.15, 0.2) is 16.5 Å². The van der Waals surface area contributed by atoms with Crippen LogP contribution in [0.3, 0.4) is 0 Å². The molecule has 1 N–H and O–H groups in total. The number of ether oxygens (including phenoxy) is 3. The Morgan fingerprint density at radius 3 is 2.43 bits per heavy atom. The number of nitrogens with one attached hydrogen (secondary N) is 1. The Bertz CT molecular complexity index is 1550. The van der Waals surface area contributed by atoms with E-state index < -0.39 is 0 Å². The van der Waals surface area contributed by atoms with Crippen molar-refractivity contribution in [3.05, 3.63) is 70.3 Å². The van der Waals surface area contributed by atoms with E-state index in [1.54, 1.807) is 32.7 Å². The average molecular weight is 535 g/mol. The molecule has 8 nitrogen and oxygen atoms in total. The van der Waals surface area contributed by atoms with E-state index in [0.717, 1.165) is 43.9 Å². The van der Waals surface area contributed by atoms with Crippen LogP contribution in [0.5, 0.6) is 17.2 Å². The minimum atomic E-state index is -0.102. The summed E-state index contributed by atoms with van der Waals surface area (Å²) >= 11 is 2.95. The second-order valence-electron chi connectivity index (χ2n) is 8.24. The van der Waals surface area contributed by atoms with Crippen molar-refractivity contribution in [1.82, 2.24) is 19.7 Å². The lowest BCUT2D eigenvalue weighted by molar-refractivity contribution is 0.0957. The second kappa shape index (κ2) is 10.6. The third-order valence-corrected chi connectivity index (χ3v) is 8.09. The lowest BCUT2D eigenvalue weighted by Crippen LogP contribution is -2.25. The number of thiazole rings is 2. The number of carbonyl (C=O) groups is 1. The normalized spacial score (nSPS) is 11.0. The Morgan fingerprint density at radius 1 is 0.973 bits per heavy atom. The fourth-order valence-corrected chi connectivity index (χ4v) is 5.85. The van der Waals surface area contributed by atoms with Crippen molar-refractivity contribution >= 4 is 33.5 Å². The van der Waals surface area contributed by atoms with Gasteiger partial charge < -0.3 is 19.5 Å². The van der Waals surface area contributed by atoms with Gasteiger partial charge in [-0.2, -0.15) is 0 Å². The van der Waals surface area contributed by atoms with Crippen LogP contribution < -0.4 is 19.5 Å². The standard InChI is InChI=1S/C27H26N4O4S2/c1-16-24(37-27-30-21(14-31(16)27)17-5-8-20(33-2)9-6-17)25(32)28-12-11-19-15-36-26(29-19)18-7-10-22(34-3)23(13-18)35-4/h5-10,13-15H,11-12H2,1-4H3,(H,28,32). The topological polar surface area (TPSA) is 87.0 Å². The monoisotopic (exact) mass is 534 g/mol. The van der Waals surface area contributed by atoms with Gasteiger partial charge in [-0.3, -0.25) is 9.20 Å². The summed E-state index contributed by atoms with van der Waals surface area (Å²) in [6.45, 7) is 2.43. The zero-order valence-corrected chi connectivity index (χ0v) is 22.5. The Balaban J connectivity index is 1.22. The lowest BCUT2D eigenvalue weighted by Gasteiger charge is -2.08. The molecule has 0 radical (unpaired) electrons. The number of hydrogen-bond acceptors (Lipinski definition) is 8. The first kappa shape index (κ1) is 24.8. The highest BCUT2D eigenvalue weighted by Gasteiger charge is 2.18. The number of imidazole rings is 1. The number of amides is 1. The van der Waals surface area contributed by atoms with Crippen LogP contribution in [-0.2, 0) is 6.42 Å². The van der Waals surface area contributed by atoms with E-state index in [0.29, 0.717) is 29.3 Å². The number of hydrogen-bond donors (Lipinski definition) is 1. The first-order valence-electron chi connectivity index (χ1n) is 11.6. The third-order valence-electron chi connectivity index (χ3n) is 6.00. The second-order valence-corrected chi connectivity index (χ2v) is 10.1. The number of benzene rings is 2. The van der Waals surface area contributed by atoms with E-state index in [9.17, 15) is 4.79 Å². The molecule has 5 aromatic rings. The van der Waals surface area contributed by atoms with Gasteiger partial charge in [0, 0.05) is 41.4 Å². The molecule has 2 aromatic carbocycles. The van der Waals surface area contributed by atoms with Gasteiger partial charge in [0.2, 0.25) is 0 Å². The molecule has 0 fully saturated rings. The van der Waals surface area contributed by atoms with Crippen molar-refractivity contribution in [3.63, 3.8) is 0 Å². The smallest absolute Gasteiger partial charge is 0.263 e. The quantitative estimate of drug-likeness (QED) is 0.269. The van der Waals surface area contributed by atoms with E-state index in [1.807, 2.05) is 65.4 Å². The average Bonchev–Trinajstić information content (AvgIpc) is 3.65. The number of methoxy groups -OCH3 is 3. The van der Waals surface area contributed by atoms with E-state index in [2.05, 4.69) is 5.32 Å². The number of nitrogens with zero attached hydrogens (tertiary/aromatic N) is 3. The van der Waals surface area contributed by atoms with Crippen molar-refractivity contribution in [2.75, 3.05) is 27.9 Å². The van der Waals surface area contributed by atoms with E-state index >= 15 is 0 Å². The molecule has 0 spiro atoms. The molecule has 1 amide bonds. The minimum Gasteiger partial charge on any atom is -0.497 e. The highest BCUT2D eigenvalue weighted by atomic mass is 32.1. The Labute approximate surface area is 222 Å². The van der Waals surface area contributed by atoms with Crippen LogP contribution in [0, 0.1) is 6.92 Å². The highest BCUT2D eigenvalue weighted by Crippen LogP contribution is 2.33. The molecule has 0 bridgehead atoms. The number of fused-ring (bicyclic) bond motifs is 1. The molecule has 3 heterocycles. The number of aryl methyl sites for hydroxylation is 1. The molecule has 0 aliphatic heterocycles.